The first kappa shape index (κ1) is 18.1. The van der Waals surface area contributed by atoms with Gasteiger partial charge in [0.15, 0.2) is 6.23 Å². The third-order valence-electron chi connectivity index (χ3n) is 3.74. The van der Waals surface area contributed by atoms with Crippen LogP contribution in [0.2, 0.25) is 0 Å². The molecule has 0 bridgehead atoms. The molecule has 1 fully saturated rings. The fourth-order valence-corrected chi connectivity index (χ4v) is 2.51. The van der Waals surface area contributed by atoms with E-state index in [0.717, 1.165) is 0 Å². The van der Waals surface area contributed by atoms with E-state index in [9.17, 15) is 24.9 Å². The number of carboxylic acids is 1. The number of rotatable bonds is 5. The molecule has 2 rings (SSSR count). The number of hydrogen-bond donors (Lipinski definition) is 6. The van der Waals surface area contributed by atoms with Crippen molar-refractivity contribution in [3.8, 4) is 0 Å². The first-order chi connectivity index (χ1) is 11.3. The van der Waals surface area contributed by atoms with Crippen LogP contribution in [-0.4, -0.2) is 69.5 Å². The summed E-state index contributed by atoms with van der Waals surface area (Å²) in [5.74, 6) is -1.49. The number of carbonyl (C=O) groups excluding carboxylic acids is 1. The smallest absolute Gasteiger partial charge is 0.335 e. The molecule has 132 valence electrons. The van der Waals surface area contributed by atoms with Gasteiger partial charge in [-0.2, -0.15) is 0 Å². The molecule has 1 amide bonds. The monoisotopic (exact) mass is 340 g/mol. The van der Waals surface area contributed by atoms with Crippen LogP contribution in [0.3, 0.4) is 0 Å². The van der Waals surface area contributed by atoms with Gasteiger partial charge in [-0.1, -0.05) is 0 Å². The second kappa shape index (κ2) is 7.58. The molecule has 1 saturated heterocycles. The van der Waals surface area contributed by atoms with E-state index >= 15 is 0 Å². The van der Waals surface area contributed by atoms with Crippen LogP contribution in [0.15, 0.2) is 24.3 Å². The highest BCUT2D eigenvalue weighted by Crippen LogP contribution is 2.23. The largest absolute Gasteiger partial charge is 0.478 e. The SMILES string of the molecule is CC(=O)N[C@H]1[C@@H](O)[C@@H](O)[C@@H](CO)O[C@@H]1Nc1ccc(C(=O)O)cc1. The summed E-state index contributed by atoms with van der Waals surface area (Å²) in [6.45, 7) is 0.747. The van der Waals surface area contributed by atoms with Gasteiger partial charge >= 0.3 is 5.97 Å². The molecule has 0 aliphatic carbocycles. The Bertz CT molecular complexity index is 592. The van der Waals surface area contributed by atoms with Crippen molar-refractivity contribution in [1.82, 2.24) is 5.32 Å². The van der Waals surface area contributed by atoms with Crippen molar-refractivity contribution in [2.45, 2.75) is 37.5 Å². The molecule has 0 radical (unpaired) electrons. The van der Waals surface area contributed by atoms with E-state index in [1.165, 1.54) is 31.2 Å². The molecule has 0 spiro atoms. The highest BCUT2D eigenvalue weighted by molar-refractivity contribution is 5.88. The number of anilines is 1. The molecule has 0 unspecified atom stereocenters. The standard InChI is InChI=1S/C15H20N2O7/c1-7(19)16-11-13(21)12(20)10(6-18)24-14(11)17-9-4-2-8(3-5-9)15(22)23/h2-5,10-14,17-18,20-21H,6H2,1H3,(H,16,19)(H,22,23)/t10-,11+,12+,13-,14+/m1/s1. The van der Waals surface area contributed by atoms with Gasteiger partial charge in [0.1, 0.15) is 24.4 Å². The second-order valence-corrected chi connectivity index (χ2v) is 5.51. The molecule has 0 saturated carbocycles. The van der Waals surface area contributed by atoms with Crippen LogP contribution in [0.5, 0.6) is 0 Å². The van der Waals surface area contributed by atoms with Crippen molar-refractivity contribution in [3.05, 3.63) is 29.8 Å². The van der Waals surface area contributed by atoms with Gasteiger partial charge in [0.2, 0.25) is 5.91 Å². The van der Waals surface area contributed by atoms with Crippen LogP contribution in [0.25, 0.3) is 0 Å². The molecule has 5 atom stereocenters. The predicted octanol–water partition coefficient (Wildman–Crippen LogP) is -1.26. The van der Waals surface area contributed by atoms with Gasteiger partial charge in [-0.25, -0.2) is 4.79 Å². The normalized spacial score (nSPS) is 29.8. The summed E-state index contributed by atoms with van der Waals surface area (Å²) < 4.78 is 5.51. The Morgan fingerprint density at radius 3 is 2.29 bits per heavy atom. The van der Waals surface area contributed by atoms with Crippen molar-refractivity contribution in [2.75, 3.05) is 11.9 Å². The summed E-state index contributed by atoms with van der Waals surface area (Å²) in [6, 6.07) is 4.82. The number of nitrogens with one attached hydrogen (secondary N) is 2. The predicted molar refractivity (Wildman–Crippen MR) is 82.4 cm³/mol. The highest BCUT2D eigenvalue weighted by Gasteiger charge is 2.44. The fourth-order valence-electron chi connectivity index (χ4n) is 2.51. The molecule has 0 aromatic heterocycles. The molecule has 1 aromatic carbocycles. The van der Waals surface area contributed by atoms with E-state index in [0.29, 0.717) is 5.69 Å². The van der Waals surface area contributed by atoms with Gasteiger partial charge in [-0.05, 0) is 24.3 Å². The molecule has 9 heteroatoms. The Morgan fingerprint density at radius 2 is 1.79 bits per heavy atom. The number of aliphatic hydroxyl groups excluding tert-OH is 3. The number of aromatic carboxylic acids is 1. The second-order valence-electron chi connectivity index (χ2n) is 5.51. The van der Waals surface area contributed by atoms with Gasteiger partial charge in [-0.3, -0.25) is 4.79 Å². The maximum Gasteiger partial charge on any atom is 0.335 e. The molecular weight excluding hydrogens is 320 g/mol. The van der Waals surface area contributed by atoms with E-state index in [-0.39, 0.29) is 5.56 Å². The fraction of sp³-hybridized carbons (Fsp3) is 0.467. The minimum atomic E-state index is -1.36. The lowest BCUT2D eigenvalue weighted by molar-refractivity contribution is -0.188. The molecule has 24 heavy (non-hydrogen) atoms. The Hall–Kier alpha value is -2.20. The van der Waals surface area contributed by atoms with E-state index in [2.05, 4.69) is 10.6 Å². The zero-order chi connectivity index (χ0) is 17.9. The van der Waals surface area contributed by atoms with Crippen molar-refractivity contribution < 1.29 is 34.8 Å². The third kappa shape index (κ3) is 4.01. The molecule has 1 heterocycles. The summed E-state index contributed by atoms with van der Waals surface area (Å²) in [6.07, 6.45) is -4.67. The van der Waals surface area contributed by atoms with Crippen LogP contribution >= 0.6 is 0 Å². The van der Waals surface area contributed by atoms with Gasteiger partial charge in [0.05, 0.1) is 12.2 Å². The van der Waals surface area contributed by atoms with E-state index in [1.807, 2.05) is 0 Å². The van der Waals surface area contributed by atoms with Gasteiger partial charge < -0.3 is 35.8 Å². The number of ether oxygens (including phenoxy) is 1. The lowest BCUT2D eigenvalue weighted by Crippen LogP contribution is -2.65. The zero-order valence-electron chi connectivity index (χ0n) is 12.9. The van der Waals surface area contributed by atoms with Crippen molar-refractivity contribution in [3.63, 3.8) is 0 Å². The number of amides is 1. The number of carbonyl (C=O) groups is 2. The number of carboxylic acid groups (broad SMARTS) is 1. The van der Waals surface area contributed by atoms with Crippen molar-refractivity contribution in [1.29, 1.82) is 0 Å². The quantitative estimate of drug-likeness (QED) is 0.389. The summed E-state index contributed by atoms with van der Waals surface area (Å²) in [7, 11) is 0. The third-order valence-corrected chi connectivity index (χ3v) is 3.74. The summed E-state index contributed by atoms with van der Waals surface area (Å²) in [5.41, 5.74) is 0.591. The van der Waals surface area contributed by atoms with E-state index in [4.69, 9.17) is 9.84 Å². The molecule has 6 N–H and O–H groups in total. The minimum absolute atomic E-state index is 0.104. The molecule has 9 nitrogen and oxygen atoms in total. The van der Waals surface area contributed by atoms with Crippen LogP contribution < -0.4 is 10.6 Å². The number of hydrogen-bond acceptors (Lipinski definition) is 7. The van der Waals surface area contributed by atoms with Gasteiger partial charge in [-0.15, -0.1) is 0 Å². The first-order valence-electron chi connectivity index (χ1n) is 7.33. The zero-order valence-corrected chi connectivity index (χ0v) is 12.9. The van der Waals surface area contributed by atoms with Crippen molar-refractivity contribution >= 4 is 17.6 Å². The van der Waals surface area contributed by atoms with Crippen LogP contribution in [0, 0.1) is 0 Å². The lowest BCUT2D eigenvalue weighted by Gasteiger charge is -2.43. The Morgan fingerprint density at radius 1 is 1.17 bits per heavy atom. The first-order valence-corrected chi connectivity index (χ1v) is 7.33. The Balaban J connectivity index is 2.19. The summed E-state index contributed by atoms with van der Waals surface area (Å²) >= 11 is 0. The lowest BCUT2D eigenvalue weighted by atomic mass is 9.95. The van der Waals surface area contributed by atoms with Crippen LogP contribution in [-0.2, 0) is 9.53 Å². The molecule has 1 aliphatic rings. The molecule has 1 aromatic rings. The van der Waals surface area contributed by atoms with Gasteiger partial charge in [0.25, 0.3) is 0 Å². The average Bonchev–Trinajstić information content (AvgIpc) is 2.54. The summed E-state index contributed by atoms with van der Waals surface area (Å²) in [5, 5.41) is 43.6. The molecular formula is C15H20N2O7. The maximum absolute atomic E-state index is 11.3. The number of aliphatic hydroxyl groups is 3. The Labute approximate surface area is 137 Å². The summed E-state index contributed by atoms with van der Waals surface area (Å²) in [4.78, 5) is 22.2. The number of benzene rings is 1. The van der Waals surface area contributed by atoms with E-state index < -0.39 is 49.1 Å². The topological polar surface area (TPSA) is 148 Å². The van der Waals surface area contributed by atoms with Crippen molar-refractivity contribution in [2.24, 2.45) is 0 Å². The molecule has 1 aliphatic heterocycles. The van der Waals surface area contributed by atoms with Gasteiger partial charge in [0, 0.05) is 12.6 Å². The minimum Gasteiger partial charge on any atom is -0.478 e. The maximum atomic E-state index is 11.3. The van der Waals surface area contributed by atoms with Crippen LogP contribution in [0.1, 0.15) is 17.3 Å². The van der Waals surface area contributed by atoms with E-state index in [1.54, 1.807) is 0 Å². The highest BCUT2D eigenvalue weighted by atomic mass is 16.5. The van der Waals surface area contributed by atoms with Crippen LogP contribution in [0.4, 0.5) is 5.69 Å². The average molecular weight is 340 g/mol. The Kier molecular flexibility index (Phi) is 5.73.